The number of allylic oxidation sites excluding steroid dienone is 1. The molecule has 2 aliphatic rings. The van der Waals surface area contributed by atoms with Gasteiger partial charge in [-0.25, -0.2) is 0 Å². The highest BCUT2D eigenvalue weighted by atomic mass is 16.5. The summed E-state index contributed by atoms with van der Waals surface area (Å²) >= 11 is 0. The first-order chi connectivity index (χ1) is 15.6. The second kappa shape index (κ2) is 10.2. The van der Waals surface area contributed by atoms with Crippen LogP contribution in [0.3, 0.4) is 0 Å². The van der Waals surface area contributed by atoms with Crippen LogP contribution in [0, 0.1) is 0 Å². The summed E-state index contributed by atoms with van der Waals surface area (Å²) in [6.07, 6.45) is 10.9. The molecule has 1 atom stereocenters. The molecule has 32 heavy (non-hydrogen) atoms. The van der Waals surface area contributed by atoms with E-state index < -0.39 is 0 Å². The Morgan fingerprint density at radius 1 is 1.00 bits per heavy atom. The summed E-state index contributed by atoms with van der Waals surface area (Å²) < 4.78 is 11.8. The van der Waals surface area contributed by atoms with E-state index >= 15 is 0 Å². The molecule has 1 unspecified atom stereocenters. The van der Waals surface area contributed by atoms with E-state index in [-0.39, 0.29) is 11.9 Å². The zero-order valence-corrected chi connectivity index (χ0v) is 19.7. The van der Waals surface area contributed by atoms with Crippen LogP contribution in [0.5, 0.6) is 11.5 Å². The van der Waals surface area contributed by atoms with Crippen LogP contribution in [0.15, 0.2) is 48.0 Å². The molecule has 2 aromatic carbocycles. The molecule has 0 radical (unpaired) electrons. The molecule has 170 valence electrons. The van der Waals surface area contributed by atoms with Gasteiger partial charge < -0.3 is 14.4 Å². The first-order valence-corrected chi connectivity index (χ1v) is 12.0. The zero-order chi connectivity index (χ0) is 22.5. The molecule has 0 fully saturated rings. The predicted octanol–water partition coefficient (Wildman–Crippen LogP) is 6.51. The number of anilines is 1. The highest BCUT2D eigenvalue weighted by molar-refractivity contribution is 6.09. The van der Waals surface area contributed by atoms with E-state index in [9.17, 15) is 4.79 Å². The monoisotopic (exact) mass is 433 g/mol. The van der Waals surface area contributed by atoms with Crippen LogP contribution in [0.1, 0.15) is 73.9 Å². The Hall–Kier alpha value is -2.75. The lowest BCUT2D eigenvalue weighted by Gasteiger charge is -2.25. The molecule has 4 rings (SSSR count). The maximum atomic E-state index is 13.8. The maximum Gasteiger partial charge on any atom is 0.259 e. The number of hydrogen-bond acceptors (Lipinski definition) is 3. The van der Waals surface area contributed by atoms with Crippen molar-refractivity contribution in [2.75, 3.05) is 18.6 Å². The third-order valence-electron chi connectivity index (χ3n) is 6.62. The van der Waals surface area contributed by atoms with E-state index in [1.165, 1.54) is 36.8 Å². The second-order valence-corrected chi connectivity index (χ2v) is 9.01. The number of hydrogen-bond donors (Lipinski definition) is 0. The first kappa shape index (κ1) is 22.4. The normalized spacial score (nSPS) is 17.5. The predicted molar refractivity (Wildman–Crippen MR) is 130 cm³/mol. The summed E-state index contributed by atoms with van der Waals surface area (Å²) in [5.41, 5.74) is 5.33. The van der Waals surface area contributed by atoms with E-state index in [1.807, 2.05) is 23.1 Å². The molecule has 0 saturated carbocycles. The van der Waals surface area contributed by atoms with Gasteiger partial charge in [0.25, 0.3) is 5.91 Å². The number of fused-ring (bicyclic) bond motifs is 4. The van der Waals surface area contributed by atoms with Crippen LogP contribution in [0.2, 0.25) is 0 Å². The van der Waals surface area contributed by atoms with E-state index in [0.29, 0.717) is 12.4 Å². The fourth-order valence-electron chi connectivity index (χ4n) is 4.85. The average Bonchev–Trinajstić information content (AvgIpc) is 3.17. The quantitative estimate of drug-likeness (QED) is 0.352. The van der Waals surface area contributed by atoms with Gasteiger partial charge in [-0.05, 0) is 61.9 Å². The number of nitrogens with zero attached hydrogens (tertiary/aromatic N) is 1. The van der Waals surface area contributed by atoms with Gasteiger partial charge in [-0.3, -0.25) is 4.79 Å². The second-order valence-electron chi connectivity index (χ2n) is 9.01. The Morgan fingerprint density at radius 2 is 1.81 bits per heavy atom. The minimum Gasteiger partial charge on any atom is -0.493 e. The molecule has 0 spiro atoms. The molecule has 2 heterocycles. The highest BCUT2D eigenvalue weighted by Gasteiger charge is 2.35. The van der Waals surface area contributed by atoms with Crippen LogP contribution in [0.4, 0.5) is 5.69 Å². The van der Waals surface area contributed by atoms with E-state index in [1.54, 1.807) is 7.11 Å². The van der Waals surface area contributed by atoms with Crippen molar-refractivity contribution in [3.8, 4) is 11.5 Å². The van der Waals surface area contributed by atoms with Gasteiger partial charge in [0.05, 0.1) is 19.8 Å². The lowest BCUT2D eigenvalue weighted by Crippen LogP contribution is -2.37. The third-order valence-corrected chi connectivity index (χ3v) is 6.62. The van der Waals surface area contributed by atoms with Crippen molar-refractivity contribution in [3.63, 3.8) is 0 Å². The van der Waals surface area contributed by atoms with Gasteiger partial charge in [0, 0.05) is 11.3 Å². The lowest BCUT2D eigenvalue weighted by atomic mass is 9.98. The summed E-state index contributed by atoms with van der Waals surface area (Å²) in [6.45, 7) is 5.07. The fourth-order valence-corrected chi connectivity index (χ4v) is 4.85. The summed E-state index contributed by atoms with van der Waals surface area (Å²) in [7, 11) is 1.65. The lowest BCUT2D eigenvalue weighted by molar-refractivity contribution is 0.0982. The third kappa shape index (κ3) is 4.69. The van der Waals surface area contributed by atoms with Gasteiger partial charge >= 0.3 is 0 Å². The maximum absolute atomic E-state index is 13.8. The Bertz CT molecular complexity index is 994. The topological polar surface area (TPSA) is 38.8 Å². The van der Waals surface area contributed by atoms with Crippen molar-refractivity contribution in [1.82, 2.24) is 0 Å². The molecule has 0 aromatic heterocycles. The first-order valence-electron chi connectivity index (χ1n) is 12.0. The van der Waals surface area contributed by atoms with E-state index in [4.69, 9.17) is 9.47 Å². The van der Waals surface area contributed by atoms with Crippen molar-refractivity contribution < 1.29 is 14.3 Å². The largest absolute Gasteiger partial charge is 0.493 e. The molecular weight excluding hydrogens is 398 g/mol. The van der Waals surface area contributed by atoms with Crippen LogP contribution in [-0.4, -0.2) is 25.7 Å². The molecule has 0 aliphatic carbocycles. The number of ether oxygens (including phenoxy) is 2. The molecule has 0 N–H and O–H groups in total. The summed E-state index contributed by atoms with van der Waals surface area (Å²) in [6, 6.07) is 12.2. The molecule has 2 aliphatic heterocycles. The Kier molecular flexibility index (Phi) is 7.19. The number of methoxy groups -OCH3 is 1. The zero-order valence-electron chi connectivity index (χ0n) is 19.7. The molecule has 0 saturated heterocycles. The van der Waals surface area contributed by atoms with Crippen molar-refractivity contribution in [3.05, 3.63) is 64.7 Å². The Labute approximate surface area is 192 Å². The number of carbonyl (C=O) groups excluding carboxylic acids is 1. The fraction of sp³-hybridized carbons (Fsp3) is 0.464. The van der Waals surface area contributed by atoms with E-state index in [2.05, 4.69) is 38.1 Å². The van der Waals surface area contributed by atoms with Gasteiger partial charge in [-0.1, -0.05) is 62.5 Å². The van der Waals surface area contributed by atoms with Crippen molar-refractivity contribution >= 4 is 11.6 Å². The van der Waals surface area contributed by atoms with Gasteiger partial charge in [-0.2, -0.15) is 0 Å². The van der Waals surface area contributed by atoms with Crippen LogP contribution < -0.4 is 14.4 Å². The Balaban J connectivity index is 1.63. The number of para-hydroxylation sites is 1. The van der Waals surface area contributed by atoms with Crippen molar-refractivity contribution in [1.29, 1.82) is 0 Å². The molecule has 1 amide bonds. The van der Waals surface area contributed by atoms with Crippen LogP contribution >= 0.6 is 0 Å². The number of amides is 1. The summed E-state index contributed by atoms with van der Waals surface area (Å²) in [5, 5.41) is 0. The Morgan fingerprint density at radius 3 is 2.62 bits per heavy atom. The van der Waals surface area contributed by atoms with Crippen molar-refractivity contribution in [2.45, 2.75) is 71.3 Å². The number of benzene rings is 2. The highest BCUT2D eigenvalue weighted by Crippen LogP contribution is 2.39. The van der Waals surface area contributed by atoms with Gasteiger partial charge in [0.1, 0.15) is 0 Å². The average molecular weight is 434 g/mol. The summed E-state index contributed by atoms with van der Waals surface area (Å²) in [4.78, 5) is 15.8. The molecule has 0 bridgehead atoms. The minimum atomic E-state index is 0.0466. The molecule has 4 nitrogen and oxygen atoms in total. The minimum absolute atomic E-state index is 0.0466. The number of rotatable bonds is 8. The summed E-state index contributed by atoms with van der Waals surface area (Å²) in [5.74, 6) is 1.43. The molecular formula is C28H35NO3. The van der Waals surface area contributed by atoms with E-state index in [0.717, 1.165) is 48.2 Å². The number of unbranched alkanes of at least 4 members (excludes halogenated alkanes) is 4. The number of aryl methyl sites for hydroxylation is 1. The smallest absolute Gasteiger partial charge is 0.259 e. The molecule has 2 aromatic rings. The van der Waals surface area contributed by atoms with Crippen LogP contribution in [-0.2, 0) is 12.8 Å². The van der Waals surface area contributed by atoms with Gasteiger partial charge in [0.2, 0.25) is 0 Å². The molecule has 4 heteroatoms. The number of carbonyl (C=O) groups is 1. The van der Waals surface area contributed by atoms with Gasteiger partial charge in [-0.15, -0.1) is 0 Å². The SMILES string of the molecule is CCCCCCCOc1cc2c(cc1OC)C(=O)N1c3ccccc3CC1C=C(C)CC2. The van der Waals surface area contributed by atoms with Crippen LogP contribution in [0.25, 0.3) is 0 Å². The standard InChI is InChI=1S/C28H35NO3/c1-4-5-6-7-10-15-32-27-18-21-14-13-20(2)16-23-17-22-11-8-9-12-25(22)29(23)28(30)24(21)19-26(27)31-3/h8-9,11-12,16,18-19,23H,4-7,10,13-15,17H2,1-3H3. The van der Waals surface area contributed by atoms with Crippen molar-refractivity contribution in [2.24, 2.45) is 0 Å². The van der Waals surface area contributed by atoms with Gasteiger partial charge in [0.15, 0.2) is 11.5 Å².